The largest absolute Gasteiger partial charge is 0.278 e. The van der Waals surface area contributed by atoms with Gasteiger partial charge < -0.3 is 0 Å². The molecule has 5 heteroatoms. The van der Waals surface area contributed by atoms with Gasteiger partial charge in [0.25, 0.3) is 5.91 Å². The van der Waals surface area contributed by atoms with Crippen LogP contribution >= 0.6 is 0 Å². The van der Waals surface area contributed by atoms with Crippen LogP contribution in [0.4, 0.5) is 0 Å². The second-order valence-electron chi connectivity index (χ2n) is 3.78. The fraction of sp³-hybridized carbons (Fsp3) is 0.231. The molecule has 0 aliphatic heterocycles. The van der Waals surface area contributed by atoms with Gasteiger partial charge in [-0.2, -0.15) is 5.10 Å². The molecule has 1 amide bonds. The maximum Gasteiger partial charge on any atom is 0.278 e. The van der Waals surface area contributed by atoms with E-state index < -0.39 is 0 Å². The van der Waals surface area contributed by atoms with Crippen molar-refractivity contribution in [3.8, 4) is 0 Å². The minimum atomic E-state index is -0.281. The van der Waals surface area contributed by atoms with E-state index in [1.54, 1.807) is 17.8 Å². The van der Waals surface area contributed by atoms with E-state index in [-0.39, 0.29) is 5.91 Å². The Morgan fingerprint density at radius 2 is 2.17 bits per heavy atom. The molecule has 0 atom stereocenters. The normalized spacial score (nSPS) is 10.3. The van der Waals surface area contributed by atoms with Gasteiger partial charge in [-0.15, -0.1) is 0 Å². The van der Waals surface area contributed by atoms with Gasteiger partial charge in [-0.05, 0) is 12.5 Å². The summed E-state index contributed by atoms with van der Waals surface area (Å²) in [6, 6.07) is 9.94. The molecule has 1 heterocycles. The summed E-state index contributed by atoms with van der Waals surface area (Å²) < 4.78 is 1.72. The van der Waals surface area contributed by atoms with Crippen LogP contribution in [0.3, 0.4) is 0 Å². The van der Waals surface area contributed by atoms with Crippen LogP contribution in [0.1, 0.15) is 22.8 Å². The van der Waals surface area contributed by atoms with Crippen LogP contribution in [0, 0.1) is 0 Å². The Morgan fingerprint density at radius 1 is 1.39 bits per heavy atom. The Labute approximate surface area is 105 Å². The summed E-state index contributed by atoms with van der Waals surface area (Å²) in [7, 11) is 0. The van der Waals surface area contributed by atoms with Crippen molar-refractivity contribution in [1.82, 2.24) is 15.3 Å². The third-order valence-corrected chi connectivity index (χ3v) is 2.39. The molecule has 0 aliphatic carbocycles. The van der Waals surface area contributed by atoms with Crippen LogP contribution in [0.25, 0.3) is 0 Å². The van der Waals surface area contributed by atoms with E-state index in [1.807, 2.05) is 30.3 Å². The van der Waals surface area contributed by atoms with E-state index in [0.29, 0.717) is 18.7 Å². The van der Waals surface area contributed by atoms with Gasteiger partial charge in [-0.3, -0.25) is 14.3 Å². The number of hydrogen-bond donors (Lipinski definition) is 1. The number of aromatic nitrogens is 2. The van der Waals surface area contributed by atoms with Crippen molar-refractivity contribution in [1.29, 1.82) is 0 Å². The summed E-state index contributed by atoms with van der Waals surface area (Å²) in [5, 5.41) is 4.14. The molecule has 2 aromatic rings. The third-order valence-electron chi connectivity index (χ3n) is 2.39. The van der Waals surface area contributed by atoms with Crippen molar-refractivity contribution in [2.24, 2.45) is 0 Å². The zero-order valence-corrected chi connectivity index (χ0v) is 10.2. The Morgan fingerprint density at radius 3 is 2.89 bits per heavy atom. The Kier molecular flexibility index (Phi) is 4.09. The highest BCUT2D eigenvalue weighted by molar-refractivity contribution is 5.92. The standard InChI is InChI=1S/C13H15N3O2/c1-2-18-15-13(17)12-8-14-16(10-12)9-11-6-4-3-5-7-11/h3-8,10H,2,9H2,1H3,(H,15,17). The van der Waals surface area contributed by atoms with Gasteiger partial charge in [0.2, 0.25) is 0 Å². The van der Waals surface area contributed by atoms with Gasteiger partial charge in [0.05, 0.1) is 24.9 Å². The fourth-order valence-corrected chi connectivity index (χ4v) is 1.53. The van der Waals surface area contributed by atoms with E-state index in [4.69, 9.17) is 4.84 Å². The number of hydroxylamine groups is 1. The Balaban J connectivity index is 2.00. The summed E-state index contributed by atoms with van der Waals surface area (Å²) >= 11 is 0. The lowest BCUT2D eigenvalue weighted by atomic mass is 10.2. The fourth-order valence-electron chi connectivity index (χ4n) is 1.53. The molecule has 1 aromatic heterocycles. The number of rotatable bonds is 5. The van der Waals surface area contributed by atoms with E-state index in [0.717, 1.165) is 5.56 Å². The molecule has 0 unspecified atom stereocenters. The molecule has 0 spiro atoms. The summed E-state index contributed by atoms with van der Waals surface area (Å²) in [5.41, 5.74) is 3.96. The molecule has 0 bridgehead atoms. The first-order valence-corrected chi connectivity index (χ1v) is 5.78. The molecule has 2 rings (SSSR count). The predicted molar refractivity (Wildman–Crippen MR) is 66.9 cm³/mol. The minimum Gasteiger partial charge on any atom is -0.274 e. The van der Waals surface area contributed by atoms with E-state index in [1.165, 1.54) is 6.20 Å². The highest BCUT2D eigenvalue weighted by atomic mass is 16.6. The molecule has 0 fully saturated rings. The van der Waals surface area contributed by atoms with Crippen LogP contribution in [0.5, 0.6) is 0 Å². The molecule has 18 heavy (non-hydrogen) atoms. The summed E-state index contributed by atoms with van der Waals surface area (Å²) in [6.45, 7) is 2.88. The molecule has 5 nitrogen and oxygen atoms in total. The molecule has 1 N–H and O–H groups in total. The summed E-state index contributed by atoms with van der Waals surface area (Å²) in [4.78, 5) is 16.4. The Bertz CT molecular complexity index is 508. The first-order chi connectivity index (χ1) is 8.79. The zero-order chi connectivity index (χ0) is 12.8. The number of nitrogens with one attached hydrogen (secondary N) is 1. The smallest absolute Gasteiger partial charge is 0.274 e. The van der Waals surface area contributed by atoms with E-state index in [9.17, 15) is 4.79 Å². The van der Waals surface area contributed by atoms with Gasteiger partial charge in [-0.25, -0.2) is 5.48 Å². The van der Waals surface area contributed by atoms with Crippen molar-refractivity contribution in [2.45, 2.75) is 13.5 Å². The van der Waals surface area contributed by atoms with Crippen LogP contribution in [0.2, 0.25) is 0 Å². The molecule has 0 saturated heterocycles. The van der Waals surface area contributed by atoms with Gasteiger partial charge in [0.1, 0.15) is 0 Å². The Hall–Kier alpha value is -2.14. The van der Waals surface area contributed by atoms with Gasteiger partial charge in [0, 0.05) is 6.20 Å². The van der Waals surface area contributed by atoms with Crippen LogP contribution in [-0.2, 0) is 11.4 Å². The predicted octanol–water partition coefficient (Wildman–Crippen LogP) is 1.61. The average Bonchev–Trinajstić information content (AvgIpc) is 2.86. The average molecular weight is 245 g/mol. The van der Waals surface area contributed by atoms with Crippen molar-refractivity contribution in [2.75, 3.05) is 6.61 Å². The number of benzene rings is 1. The SMILES string of the molecule is CCONC(=O)c1cnn(Cc2ccccc2)c1. The monoisotopic (exact) mass is 245 g/mol. The van der Waals surface area contributed by atoms with Crippen LogP contribution in [0.15, 0.2) is 42.7 Å². The molecular weight excluding hydrogens is 230 g/mol. The van der Waals surface area contributed by atoms with Crippen molar-refractivity contribution < 1.29 is 9.63 Å². The maximum atomic E-state index is 11.6. The topological polar surface area (TPSA) is 56.1 Å². The summed E-state index contributed by atoms with van der Waals surface area (Å²) in [5.74, 6) is -0.281. The van der Waals surface area contributed by atoms with Crippen LogP contribution < -0.4 is 5.48 Å². The first-order valence-electron chi connectivity index (χ1n) is 5.78. The molecule has 1 aromatic carbocycles. The number of carbonyl (C=O) groups is 1. The van der Waals surface area contributed by atoms with Crippen molar-refractivity contribution in [3.05, 3.63) is 53.9 Å². The molecular formula is C13H15N3O2. The minimum absolute atomic E-state index is 0.281. The number of amides is 1. The highest BCUT2D eigenvalue weighted by Gasteiger charge is 2.08. The van der Waals surface area contributed by atoms with Gasteiger partial charge in [-0.1, -0.05) is 30.3 Å². The quantitative estimate of drug-likeness (QED) is 0.814. The lowest BCUT2D eigenvalue weighted by molar-refractivity contribution is 0.0364. The molecule has 0 radical (unpaired) electrons. The van der Waals surface area contributed by atoms with Crippen molar-refractivity contribution in [3.63, 3.8) is 0 Å². The second-order valence-corrected chi connectivity index (χ2v) is 3.78. The molecule has 0 saturated carbocycles. The lowest BCUT2D eigenvalue weighted by Gasteiger charge is -2.01. The van der Waals surface area contributed by atoms with E-state index >= 15 is 0 Å². The maximum absolute atomic E-state index is 11.6. The van der Waals surface area contributed by atoms with Gasteiger partial charge in [0.15, 0.2) is 0 Å². The molecule has 0 aliphatic rings. The van der Waals surface area contributed by atoms with Gasteiger partial charge >= 0.3 is 0 Å². The number of hydrogen-bond acceptors (Lipinski definition) is 3. The third kappa shape index (κ3) is 3.18. The summed E-state index contributed by atoms with van der Waals surface area (Å²) in [6.07, 6.45) is 3.22. The lowest BCUT2D eigenvalue weighted by Crippen LogP contribution is -2.23. The number of nitrogens with zero attached hydrogens (tertiary/aromatic N) is 2. The van der Waals surface area contributed by atoms with E-state index in [2.05, 4.69) is 10.6 Å². The van der Waals surface area contributed by atoms with Crippen molar-refractivity contribution >= 4 is 5.91 Å². The second kappa shape index (κ2) is 5.97. The van der Waals surface area contributed by atoms with Crippen LogP contribution in [-0.4, -0.2) is 22.3 Å². The first kappa shape index (κ1) is 12.3. The molecule has 94 valence electrons. The zero-order valence-electron chi connectivity index (χ0n) is 10.2. The highest BCUT2D eigenvalue weighted by Crippen LogP contribution is 2.03. The number of carbonyl (C=O) groups excluding carboxylic acids is 1.